The first-order chi connectivity index (χ1) is 11.0. The van der Waals surface area contributed by atoms with E-state index in [0.717, 1.165) is 11.4 Å². The molecule has 122 valence electrons. The van der Waals surface area contributed by atoms with Gasteiger partial charge in [0.05, 0.1) is 23.2 Å². The number of nitrogens with one attached hydrogen (secondary N) is 2. The van der Waals surface area contributed by atoms with Crippen molar-refractivity contribution >= 4 is 11.6 Å². The van der Waals surface area contributed by atoms with Crippen LogP contribution in [0.3, 0.4) is 0 Å². The summed E-state index contributed by atoms with van der Waals surface area (Å²) in [6.07, 6.45) is 1.87. The Morgan fingerprint density at radius 1 is 1.39 bits per heavy atom. The van der Waals surface area contributed by atoms with E-state index in [9.17, 15) is 9.18 Å². The molecule has 6 nitrogen and oxygen atoms in total. The molecule has 0 bridgehead atoms. The minimum atomic E-state index is -0.505. The van der Waals surface area contributed by atoms with E-state index in [1.165, 1.54) is 12.1 Å². The Kier molecular flexibility index (Phi) is 4.27. The highest BCUT2D eigenvalue weighted by atomic mass is 19.1. The van der Waals surface area contributed by atoms with Crippen molar-refractivity contribution in [2.24, 2.45) is 5.92 Å². The molecular formula is C16H19FN4O2. The maximum Gasteiger partial charge on any atom is 0.227 e. The van der Waals surface area contributed by atoms with E-state index in [1.807, 2.05) is 13.8 Å². The molecule has 1 atom stereocenters. The summed E-state index contributed by atoms with van der Waals surface area (Å²) in [5, 5.41) is 13.3. The van der Waals surface area contributed by atoms with Gasteiger partial charge in [0.15, 0.2) is 0 Å². The Morgan fingerprint density at radius 3 is 2.91 bits per heavy atom. The number of anilines is 1. The molecule has 3 rings (SSSR count). The van der Waals surface area contributed by atoms with Crippen molar-refractivity contribution < 1.29 is 13.9 Å². The Morgan fingerprint density at radius 2 is 2.17 bits per heavy atom. The average molecular weight is 318 g/mol. The summed E-state index contributed by atoms with van der Waals surface area (Å²) in [5.41, 5.74) is 1.89. The fourth-order valence-corrected chi connectivity index (χ4v) is 2.69. The van der Waals surface area contributed by atoms with Crippen molar-refractivity contribution in [1.29, 1.82) is 0 Å². The van der Waals surface area contributed by atoms with Crippen LogP contribution < -0.4 is 10.1 Å². The van der Waals surface area contributed by atoms with E-state index >= 15 is 0 Å². The van der Waals surface area contributed by atoms with Gasteiger partial charge < -0.3 is 10.1 Å². The molecule has 0 saturated carbocycles. The molecule has 1 unspecified atom stereocenters. The van der Waals surface area contributed by atoms with Crippen molar-refractivity contribution in [3.63, 3.8) is 0 Å². The van der Waals surface area contributed by atoms with E-state index in [2.05, 4.69) is 20.7 Å². The monoisotopic (exact) mass is 318 g/mol. The summed E-state index contributed by atoms with van der Waals surface area (Å²) in [6, 6.07) is 4.46. The van der Waals surface area contributed by atoms with Gasteiger partial charge in [-0.3, -0.25) is 4.79 Å². The first-order valence-electron chi connectivity index (χ1n) is 7.68. The van der Waals surface area contributed by atoms with Gasteiger partial charge in [0, 0.05) is 18.4 Å². The first-order valence-corrected chi connectivity index (χ1v) is 7.68. The van der Waals surface area contributed by atoms with Crippen molar-refractivity contribution in [2.45, 2.75) is 39.2 Å². The number of hydrogen-bond donors (Lipinski definition) is 2. The number of benzene rings is 1. The molecule has 1 aliphatic rings. The number of nitrogens with zero attached hydrogens (tertiary/aromatic N) is 2. The van der Waals surface area contributed by atoms with Gasteiger partial charge in [-0.1, -0.05) is 0 Å². The number of ether oxygens (including phenoxy) is 1. The molecule has 1 aromatic heterocycles. The highest BCUT2D eigenvalue weighted by Crippen LogP contribution is 2.26. The number of fused-ring (bicyclic) bond motifs is 1. The number of H-pyrrole nitrogens is 1. The summed E-state index contributed by atoms with van der Waals surface area (Å²) in [5.74, 6) is -0.483. The molecule has 1 aromatic carbocycles. The van der Waals surface area contributed by atoms with E-state index in [4.69, 9.17) is 4.74 Å². The predicted molar refractivity (Wildman–Crippen MR) is 82.7 cm³/mol. The molecule has 1 aliphatic carbocycles. The second-order valence-corrected chi connectivity index (χ2v) is 5.95. The number of hydrogen-bond acceptors (Lipinski definition) is 4. The zero-order valence-corrected chi connectivity index (χ0v) is 13.1. The number of halogens is 1. The van der Waals surface area contributed by atoms with Gasteiger partial charge in [-0.2, -0.15) is 15.4 Å². The molecule has 7 heteroatoms. The van der Waals surface area contributed by atoms with Gasteiger partial charge in [-0.25, -0.2) is 4.39 Å². The molecule has 0 radical (unpaired) electrons. The van der Waals surface area contributed by atoms with Crippen LogP contribution in [-0.4, -0.2) is 27.4 Å². The molecule has 1 heterocycles. The van der Waals surface area contributed by atoms with Crippen LogP contribution in [-0.2, 0) is 17.6 Å². The third kappa shape index (κ3) is 3.49. The molecule has 0 spiro atoms. The van der Waals surface area contributed by atoms with Gasteiger partial charge in [0.25, 0.3) is 0 Å². The summed E-state index contributed by atoms with van der Waals surface area (Å²) in [7, 11) is 0. The zero-order chi connectivity index (χ0) is 16.4. The van der Waals surface area contributed by atoms with Crippen LogP contribution in [0.15, 0.2) is 18.2 Å². The highest BCUT2D eigenvalue weighted by molar-refractivity contribution is 5.93. The van der Waals surface area contributed by atoms with Gasteiger partial charge in [0.1, 0.15) is 11.6 Å². The fourth-order valence-electron chi connectivity index (χ4n) is 2.69. The van der Waals surface area contributed by atoms with E-state index in [1.54, 1.807) is 6.07 Å². The third-order valence-electron chi connectivity index (χ3n) is 3.81. The minimum Gasteiger partial charge on any atom is -0.491 e. The normalized spacial score (nSPS) is 17.0. The summed E-state index contributed by atoms with van der Waals surface area (Å²) in [6.45, 7) is 3.74. The molecule has 0 saturated heterocycles. The first kappa shape index (κ1) is 15.5. The third-order valence-corrected chi connectivity index (χ3v) is 3.81. The van der Waals surface area contributed by atoms with Crippen molar-refractivity contribution in [2.75, 3.05) is 5.32 Å². The average Bonchev–Trinajstić information content (AvgIpc) is 2.96. The maximum absolute atomic E-state index is 14.1. The van der Waals surface area contributed by atoms with E-state index in [0.29, 0.717) is 25.0 Å². The number of aryl methyl sites for hydroxylation is 1. The van der Waals surface area contributed by atoms with Crippen LogP contribution in [0, 0.1) is 11.7 Å². The van der Waals surface area contributed by atoms with E-state index < -0.39 is 5.82 Å². The number of rotatable bonds is 4. The molecule has 1 amide bonds. The second kappa shape index (κ2) is 6.36. The second-order valence-electron chi connectivity index (χ2n) is 5.95. The van der Waals surface area contributed by atoms with Crippen molar-refractivity contribution in [3.8, 4) is 5.75 Å². The Hall–Kier alpha value is -2.44. The highest BCUT2D eigenvalue weighted by Gasteiger charge is 2.27. The summed E-state index contributed by atoms with van der Waals surface area (Å²) < 4.78 is 19.5. The number of aromatic nitrogens is 3. The summed E-state index contributed by atoms with van der Waals surface area (Å²) in [4.78, 5) is 12.3. The number of carbonyl (C=O) groups is 1. The number of carbonyl (C=O) groups excluding carboxylic acids is 1. The fraction of sp³-hybridized carbons (Fsp3) is 0.438. The van der Waals surface area contributed by atoms with Crippen LogP contribution in [0.1, 0.15) is 31.7 Å². The minimum absolute atomic E-state index is 0.0336. The van der Waals surface area contributed by atoms with Crippen LogP contribution in [0.5, 0.6) is 5.75 Å². The Balaban J connectivity index is 1.66. The Bertz CT molecular complexity index is 714. The van der Waals surface area contributed by atoms with Gasteiger partial charge in [-0.05, 0) is 38.8 Å². The van der Waals surface area contributed by atoms with Gasteiger partial charge in [-0.15, -0.1) is 0 Å². The summed E-state index contributed by atoms with van der Waals surface area (Å²) >= 11 is 0. The van der Waals surface area contributed by atoms with Crippen LogP contribution >= 0.6 is 0 Å². The maximum atomic E-state index is 14.1. The van der Waals surface area contributed by atoms with Crippen LogP contribution in [0.2, 0.25) is 0 Å². The Labute approximate surface area is 133 Å². The van der Waals surface area contributed by atoms with Gasteiger partial charge in [0.2, 0.25) is 5.91 Å². The quantitative estimate of drug-likeness (QED) is 0.907. The molecule has 2 aromatic rings. The lowest BCUT2D eigenvalue weighted by Crippen LogP contribution is -2.28. The lowest BCUT2D eigenvalue weighted by molar-refractivity contribution is -0.120. The standard InChI is InChI=1S/C16H19FN4O2/c1-9(2)23-11-4-6-13(12(17)8-11)18-16(22)10-3-5-14-15(7-10)20-21-19-14/h4,6,8-10H,3,5,7H2,1-2H3,(H,18,22)(H,19,20,21). The van der Waals surface area contributed by atoms with Crippen LogP contribution in [0.4, 0.5) is 10.1 Å². The van der Waals surface area contributed by atoms with Crippen LogP contribution in [0.25, 0.3) is 0 Å². The van der Waals surface area contributed by atoms with E-state index in [-0.39, 0.29) is 23.6 Å². The molecule has 0 fully saturated rings. The van der Waals surface area contributed by atoms with Crippen molar-refractivity contribution in [3.05, 3.63) is 35.4 Å². The SMILES string of the molecule is CC(C)Oc1ccc(NC(=O)C2CCc3n[nH]nc3C2)c(F)c1. The lowest BCUT2D eigenvalue weighted by Gasteiger charge is -2.20. The smallest absolute Gasteiger partial charge is 0.227 e. The largest absolute Gasteiger partial charge is 0.491 e. The molecular weight excluding hydrogens is 299 g/mol. The number of aromatic amines is 1. The zero-order valence-electron chi connectivity index (χ0n) is 13.1. The topological polar surface area (TPSA) is 79.9 Å². The van der Waals surface area contributed by atoms with Crippen molar-refractivity contribution in [1.82, 2.24) is 15.4 Å². The number of amides is 1. The molecule has 23 heavy (non-hydrogen) atoms. The molecule has 2 N–H and O–H groups in total. The van der Waals surface area contributed by atoms with Gasteiger partial charge >= 0.3 is 0 Å². The molecule has 0 aliphatic heterocycles. The lowest BCUT2D eigenvalue weighted by atomic mass is 9.89. The predicted octanol–water partition coefficient (Wildman–Crippen LogP) is 2.47.